The van der Waals surface area contributed by atoms with Gasteiger partial charge in [0.15, 0.2) is 0 Å². The van der Waals surface area contributed by atoms with Crippen molar-refractivity contribution in [2.45, 2.75) is 70.8 Å². The van der Waals surface area contributed by atoms with Gasteiger partial charge in [-0.25, -0.2) is 0 Å². The maximum Gasteiger partial charge on any atom is 0.0499 e. The summed E-state index contributed by atoms with van der Waals surface area (Å²) in [6, 6.07) is 0.858. The van der Waals surface area contributed by atoms with Gasteiger partial charge >= 0.3 is 0 Å². The van der Waals surface area contributed by atoms with E-state index in [1.807, 2.05) is 0 Å². The Labute approximate surface area is 118 Å². The second-order valence-corrected chi connectivity index (χ2v) is 7.71. The van der Waals surface area contributed by atoms with Crippen molar-refractivity contribution in [3.8, 4) is 0 Å². The van der Waals surface area contributed by atoms with E-state index >= 15 is 0 Å². The smallest absolute Gasteiger partial charge is 0.0499 e. The first-order chi connectivity index (χ1) is 9.22. The fourth-order valence-corrected chi connectivity index (χ4v) is 4.87. The summed E-state index contributed by atoms with van der Waals surface area (Å²) in [5, 5.41) is 9.96. The fourth-order valence-electron chi connectivity index (χ4n) is 4.87. The fraction of sp³-hybridized carbons (Fsp3) is 1.00. The first kappa shape index (κ1) is 13.9. The average molecular weight is 265 g/mol. The van der Waals surface area contributed by atoms with Crippen LogP contribution in [0.2, 0.25) is 0 Å². The first-order valence-electron chi connectivity index (χ1n) is 8.57. The molecular formula is C17H31NO. The molecule has 1 saturated heterocycles. The van der Waals surface area contributed by atoms with Gasteiger partial charge in [-0.1, -0.05) is 32.6 Å². The van der Waals surface area contributed by atoms with Crippen LogP contribution in [0.3, 0.4) is 0 Å². The summed E-state index contributed by atoms with van der Waals surface area (Å²) in [7, 11) is 0. The number of fused-ring (bicyclic) bond motifs is 1. The molecule has 110 valence electrons. The van der Waals surface area contributed by atoms with Crippen LogP contribution in [0, 0.1) is 17.3 Å². The van der Waals surface area contributed by atoms with Crippen LogP contribution in [0.4, 0.5) is 0 Å². The Hall–Kier alpha value is -0.0800. The highest BCUT2D eigenvalue weighted by Gasteiger charge is 2.41. The molecule has 2 saturated carbocycles. The number of aliphatic hydroxyl groups is 1. The molecule has 3 fully saturated rings. The number of likely N-dealkylation sites (tertiary alicyclic amines) is 1. The molecule has 0 aromatic heterocycles. The molecule has 2 unspecified atom stereocenters. The van der Waals surface area contributed by atoms with Crippen molar-refractivity contribution in [3.05, 3.63) is 0 Å². The Balaban J connectivity index is 1.63. The van der Waals surface area contributed by atoms with E-state index < -0.39 is 0 Å². The van der Waals surface area contributed by atoms with E-state index in [-0.39, 0.29) is 5.41 Å². The molecule has 2 atom stereocenters. The zero-order valence-electron chi connectivity index (χ0n) is 12.6. The Bertz CT molecular complexity index is 296. The van der Waals surface area contributed by atoms with Gasteiger partial charge in [0.2, 0.25) is 0 Å². The van der Waals surface area contributed by atoms with Crippen molar-refractivity contribution in [1.29, 1.82) is 0 Å². The number of aliphatic hydroxyl groups excluding tert-OH is 1. The van der Waals surface area contributed by atoms with Crippen LogP contribution < -0.4 is 0 Å². The van der Waals surface area contributed by atoms with E-state index in [9.17, 15) is 5.11 Å². The van der Waals surface area contributed by atoms with E-state index in [4.69, 9.17) is 0 Å². The van der Waals surface area contributed by atoms with Gasteiger partial charge in [0, 0.05) is 24.6 Å². The summed E-state index contributed by atoms with van der Waals surface area (Å²) in [4.78, 5) is 2.76. The van der Waals surface area contributed by atoms with Crippen LogP contribution >= 0.6 is 0 Å². The summed E-state index contributed by atoms with van der Waals surface area (Å²) in [5.74, 6) is 1.85. The Kier molecular flexibility index (Phi) is 4.19. The van der Waals surface area contributed by atoms with Gasteiger partial charge in [-0.05, 0) is 50.5 Å². The third-order valence-corrected chi connectivity index (χ3v) is 6.33. The van der Waals surface area contributed by atoms with Crippen LogP contribution in [0.15, 0.2) is 0 Å². The monoisotopic (exact) mass is 265 g/mol. The minimum absolute atomic E-state index is 0.235. The van der Waals surface area contributed by atoms with Crippen molar-refractivity contribution in [3.63, 3.8) is 0 Å². The Morgan fingerprint density at radius 3 is 2.53 bits per heavy atom. The van der Waals surface area contributed by atoms with Crippen LogP contribution in [-0.2, 0) is 0 Å². The second-order valence-electron chi connectivity index (χ2n) is 7.71. The molecule has 0 radical (unpaired) electrons. The minimum Gasteiger partial charge on any atom is -0.396 e. The SMILES string of the molecule is CC1CCC(CO)(CN2CCC3CCCCC32)CC1. The van der Waals surface area contributed by atoms with Crippen LogP contribution in [0.25, 0.3) is 0 Å². The molecule has 1 N–H and O–H groups in total. The molecule has 1 aliphatic heterocycles. The molecule has 3 rings (SSSR count). The summed E-state index contributed by atoms with van der Waals surface area (Å²) in [6.07, 6.45) is 12.3. The highest BCUT2D eigenvalue weighted by Crippen LogP contribution is 2.43. The molecular weight excluding hydrogens is 234 g/mol. The molecule has 0 bridgehead atoms. The lowest BCUT2D eigenvalue weighted by Gasteiger charge is -2.43. The molecule has 0 aromatic carbocycles. The second kappa shape index (κ2) is 5.73. The Morgan fingerprint density at radius 2 is 1.79 bits per heavy atom. The van der Waals surface area contributed by atoms with Crippen molar-refractivity contribution >= 4 is 0 Å². The normalized spacial score (nSPS) is 44.2. The number of hydrogen-bond donors (Lipinski definition) is 1. The predicted octanol–water partition coefficient (Wildman–Crippen LogP) is 3.44. The summed E-state index contributed by atoms with van der Waals surface area (Å²) >= 11 is 0. The zero-order chi connectivity index (χ0) is 13.3. The van der Waals surface area contributed by atoms with E-state index in [1.165, 1.54) is 70.9 Å². The van der Waals surface area contributed by atoms with E-state index in [0.717, 1.165) is 17.9 Å². The highest BCUT2D eigenvalue weighted by atomic mass is 16.3. The standard InChI is InChI=1S/C17H31NO/c1-14-6-9-17(13-19,10-7-14)12-18-11-8-15-4-2-3-5-16(15)18/h14-16,19H,2-13H2,1H3. The lowest BCUT2D eigenvalue weighted by molar-refractivity contribution is 0.0187. The molecule has 0 amide bonds. The molecule has 2 heteroatoms. The van der Waals surface area contributed by atoms with Crippen molar-refractivity contribution in [2.24, 2.45) is 17.3 Å². The first-order valence-corrected chi connectivity index (χ1v) is 8.57. The van der Waals surface area contributed by atoms with E-state index in [1.54, 1.807) is 0 Å². The molecule has 2 aliphatic carbocycles. The van der Waals surface area contributed by atoms with Gasteiger partial charge in [-0.3, -0.25) is 4.90 Å². The molecule has 3 aliphatic rings. The Morgan fingerprint density at radius 1 is 1.05 bits per heavy atom. The summed E-state index contributed by atoms with van der Waals surface area (Å²) < 4.78 is 0. The molecule has 2 nitrogen and oxygen atoms in total. The average Bonchev–Trinajstić information content (AvgIpc) is 2.85. The van der Waals surface area contributed by atoms with Crippen LogP contribution in [-0.4, -0.2) is 35.7 Å². The van der Waals surface area contributed by atoms with Gasteiger partial charge in [-0.2, -0.15) is 0 Å². The van der Waals surface area contributed by atoms with Gasteiger partial charge in [-0.15, -0.1) is 0 Å². The maximum atomic E-state index is 9.96. The van der Waals surface area contributed by atoms with Crippen LogP contribution in [0.5, 0.6) is 0 Å². The lowest BCUT2D eigenvalue weighted by Crippen LogP contribution is -2.45. The van der Waals surface area contributed by atoms with Crippen molar-refractivity contribution < 1.29 is 5.11 Å². The van der Waals surface area contributed by atoms with Gasteiger partial charge in [0.25, 0.3) is 0 Å². The number of nitrogens with zero attached hydrogens (tertiary/aromatic N) is 1. The molecule has 1 heterocycles. The predicted molar refractivity (Wildman–Crippen MR) is 79.1 cm³/mol. The highest BCUT2D eigenvalue weighted by molar-refractivity contribution is 4.94. The quantitative estimate of drug-likeness (QED) is 0.845. The topological polar surface area (TPSA) is 23.5 Å². The lowest BCUT2D eigenvalue weighted by atomic mass is 9.71. The molecule has 0 spiro atoms. The van der Waals surface area contributed by atoms with Crippen LogP contribution in [0.1, 0.15) is 64.7 Å². The molecule has 19 heavy (non-hydrogen) atoms. The van der Waals surface area contributed by atoms with Gasteiger partial charge in [0.1, 0.15) is 0 Å². The zero-order valence-corrected chi connectivity index (χ0v) is 12.6. The van der Waals surface area contributed by atoms with Crippen molar-refractivity contribution in [2.75, 3.05) is 19.7 Å². The van der Waals surface area contributed by atoms with Gasteiger partial charge in [0.05, 0.1) is 0 Å². The summed E-state index contributed by atoms with van der Waals surface area (Å²) in [6.45, 7) is 5.26. The van der Waals surface area contributed by atoms with Gasteiger partial charge < -0.3 is 5.11 Å². The summed E-state index contributed by atoms with van der Waals surface area (Å²) in [5.41, 5.74) is 0.235. The number of hydrogen-bond acceptors (Lipinski definition) is 2. The number of rotatable bonds is 3. The van der Waals surface area contributed by atoms with E-state index in [2.05, 4.69) is 11.8 Å². The third-order valence-electron chi connectivity index (χ3n) is 6.33. The van der Waals surface area contributed by atoms with Crippen molar-refractivity contribution in [1.82, 2.24) is 4.90 Å². The largest absolute Gasteiger partial charge is 0.396 e. The third kappa shape index (κ3) is 2.85. The van der Waals surface area contributed by atoms with E-state index in [0.29, 0.717) is 6.61 Å². The minimum atomic E-state index is 0.235. The maximum absolute atomic E-state index is 9.96. The molecule has 0 aromatic rings.